The monoisotopic (exact) mass is 293 g/mol. The molecule has 3 nitrogen and oxygen atoms in total. The largest absolute Gasteiger partial charge is 0.490 e. The number of rotatable bonds is 5. The summed E-state index contributed by atoms with van der Waals surface area (Å²) in [6, 6.07) is 15.6. The molecule has 0 fully saturated rings. The van der Waals surface area contributed by atoms with Gasteiger partial charge < -0.3 is 10.1 Å². The molecule has 0 aliphatic heterocycles. The molecule has 0 saturated heterocycles. The van der Waals surface area contributed by atoms with Crippen molar-refractivity contribution in [2.24, 2.45) is 0 Å². The average Bonchev–Trinajstić information content (AvgIpc) is 2.96. The fourth-order valence-electron chi connectivity index (χ4n) is 2.81. The zero-order valence-electron chi connectivity index (χ0n) is 12.4. The molecule has 0 unspecified atom stereocenters. The number of fused-ring (bicyclic) bond motifs is 1. The first-order chi connectivity index (χ1) is 10.8. The maximum absolute atomic E-state index is 12.4. The van der Waals surface area contributed by atoms with Crippen molar-refractivity contribution in [2.45, 2.75) is 18.9 Å². The quantitative estimate of drug-likeness (QED) is 0.854. The van der Waals surface area contributed by atoms with Crippen molar-refractivity contribution >= 4 is 5.91 Å². The zero-order valence-corrected chi connectivity index (χ0v) is 12.4. The van der Waals surface area contributed by atoms with Gasteiger partial charge in [-0.25, -0.2) is 0 Å². The van der Waals surface area contributed by atoms with Crippen LogP contribution in [0.3, 0.4) is 0 Å². The van der Waals surface area contributed by atoms with Gasteiger partial charge in [-0.15, -0.1) is 0 Å². The molecule has 3 heteroatoms. The second kappa shape index (κ2) is 6.48. The van der Waals surface area contributed by atoms with Crippen LogP contribution in [-0.4, -0.2) is 12.5 Å². The van der Waals surface area contributed by atoms with E-state index in [9.17, 15) is 4.79 Å². The lowest BCUT2D eigenvalue weighted by Gasteiger charge is -2.14. The van der Waals surface area contributed by atoms with Crippen LogP contribution in [0.25, 0.3) is 0 Å². The summed E-state index contributed by atoms with van der Waals surface area (Å²) in [5.74, 6) is 0.694. The minimum absolute atomic E-state index is 0.0445. The third-order valence-corrected chi connectivity index (χ3v) is 3.92. The summed E-state index contributed by atoms with van der Waals surface area (Å²) in [7, 11) is 0. The van der Waals surface area contributed by atoms with Crippen LogP contribution in [0.1, 0.15) is 33.9 Å². The molecule has 0 heterocycles. The van der Waals surface area contributed by atoms with E-state index in [4.69, 9.17) is 4.74 Å². The van der Waals surface area contributed by atoms with Gasteiger partial charge in [0.15, 0.2) is 0 Å². The van der Waals surface area contributed by atoms with Crippen LogP contribution in [0.15, 0.2) is 61.2 Å². The molecule has 0 radical (unpaired) electrons. The highest BCUT2D eigenvalue weighted by molar-refractivity contribution is 5.94. The van der Waals surface area contributed by atoms with Gasteiger partial charge >= 0.3 is 0 Å². The smallest absolute Gasteiger partial charge is 0.251 e. The molecular formula is C19H19NO2. The maximum Gasteiger partial charge on any atom is 0.251 e. The molecular weight excluding hydrogens is 274 g/mol. The molecule has 0 saturated carbocycles. The topological polar surface area (TPSA) is 38.3 Å². The zero-order chi connectivity index (χ0) is 15.4. The molecule has 2 aromatic carbocycles. The van der Waals surface area contributed by atoms with E-state index in [1.807, 2.05) is 12.1 Å². The van der Waals surface area contributed by atoms with Crippen LogP contribution in [0.2, 0.25) is 0 Å². The number of carbonyl (C=O) groups is 1. The Morgan fingerprint density at radius 2 is 2.00 bits per heavy atom. The highest BCUT2D eigenvalue weighted by Gasteiger charge is 2.23. The molecule has 1 amide bonds. The molecule has 1 atom stereocenters. The third kappa shape index (κ3) is 3.03. The lowest BCUT2D eigenvalue weighted by molar-refractivity contribution is 0.0936. The second-order valence-corrected chi connectivity index (χ2v) is 5.39. The Bertz CT molecular complexity index is 676. The summed E-state index contributed by atoms with van der Waals surface area (Å²) in [5.41, 5.74) is 3.22. The van der Waals surface area contributed by atoms with Gasteiger partial charge in [-0.05, 0) is 48.2 Å². The Hall–Kier alpha value is -2.55. The fraction of sp³-hybridized carbons (Fsp3) is 0.211. The van der Waals surface area contributed by atoms with E-state index in [0.29, 0.717) is 12.2 Å². The van der Waals surface area contributed by atoms with Crippen LogP contribution in [0, 0.1) is 0 Å². The van der Waals surface area contributed by atoms with Crippen LogP contribution >= 0.6 is 0 Å². The molecule has 0 spiro atoms. The summed E-state index contributed by atoms with van der Waals surface area (Å²) in [4.78, 5) is 12.4. The number of nitrogens with one attached hydrogen (secondary N) is 1. The summed E-state index contributed by atoms with van der Waals surface area (Å²) in [5, 5.41) is 3.12. The van der Waals surface area contributed by atoms with E-state index < -0.39 is 0 Å². The molecule has 1 N–H and O–H groups in total. The first-order valence-corrected chi connectivity index (χ1v) is 7.50. The Kier molecular flexibility index (Phi) is 4.24. The number of hydrogen-bond donors (Lipinski definition) is 1. The van der Waals surface area contributed by atoms with Gasteiger partial charge in [-0.1, -0.05) is 36.9 Å². The summed E-state index contributed by atoms with van der Waals surface area (Å²) < 4.78 is 5.42. The van der Waals surface area contributed by atoms with Crippen molar-refractivity contribution in [2.75, 3.05) is 6.61 Å². The number of carbonyl (C=O) groups excluding carboxylic acids is 1. The molecule has 3 rings (SSSR count). The van der Waals surface area contributed by atoms with E-state index in [-0.39, 0.29) is 11.9 Å². The van der Waals surface area contributed by atoms with Crippen molar-refractivity contribution in [3.8, 4) is 5.75 Å². The maximum atomic E-state index is 12.4. The lowest BCUT2D eigenvalue weighted by atomic mass is 10.1. The van der Waals surface area contributed by atoms with Gasteiger partial charge in [-0.2, -0.15) is 0 Å². The standard InChI is InChI=1S/C19H19NO2/c1-2-13-22-16-10-7-15(8-11-16)19(21)20-18-12-9-14-5-3-4-6-17(14)18/h2-8,10-11,18H,1,9,12-13H2,(H,20,21)/t18-/m0/s1. The van der Waals surface area contributed by atoms with Gasteiger partial charge in [-0.3, -0.25) is 4.79 Å². The number of aryl methyl sites for hydroxylation is 1. The van der Waals surface area contributed by atoms with Gasteiger partial charge in [0.25, 0.3) is 5.91 Å². The van der Waals surface area contributed by atoms with Gasteiger partial charge in [0.1, 0.15) is 12.4 Å². The molecule has 1 aliphatic rings. The first kappa shape index (κ1) is 14.4. The van der Waals surface area contributed by atoms with Crippen molar-refractivity contribution in [1.82, 2.24) is 5.32 Å². The minimum atomic E-state index is -0.0445. The Morgan fingerprint density at radius 1 is 1.23 bits per heavy atom. The van der Waals surface area contributed by atoms with Crippen molar-refractivity contribution in [1.29, 1.82) is 0 Å². The summed E-state index contributed by atoms with van der Waals surface area (Å²) >= 11 is 0. The number of hydrogen-bond acceptors (Lipinski definition) is 2. The number of benzene rings is 2. The van der Waals surface area contributed by atoms with Gasteiger partial charge in [0.2, 0.25) is 0 Å². The molecule has 1 aliphatic carbocycles. The van der Waals surface area contributed by atoms with Gasteiger partial charge in [0, 0.05) is 5.56 Å². The summed E-state index contributed by atoms with van der Waals surface area (Å²) in [6.07, 6.45) is 3.68. The van der Waals surface area contributed by atoms with Crippen LogP contribution in [-0.2, 0) is 6.42 Å². The van der Waals surface area contributed by atoms with E-state index in [2.05, 4.69) is 24.0 Å². The predicted octanol–water partition coefficient (Wildman–Crippen LogP) is 3.67. The van der Waals surface area contributed by atoms with Gasteiger partial charge in [0.05, 0.1) is 6.04 Å². The highest BCUT2D eigenvalue weighted by Crippen LogP contribution is 2.30. The first-order valence-electron chi connectivity index (χ1n) is 7.50. The number of amides is 1. The average molecular weight is 293 g/mol. The molecule has 2 aromatic rings. The van der Waals surface area contributed by atoms with E-state index in [0.717, 1.165) is 18.6 Å². The van der Waals surface area contributed by atoms with Crippen LogP contribution in [0.4, 0.5) is 0 Å². The normalized spacial score (nSPS) is 15.9. The molecule has 22 heavy (non-hydrogen) atoms. The second-order valence-electron chi connectivity index (χ2n) is 5.39. The Labute approximate surface area is 130 Å². The summed E-state index contributed by atoms with van der Waals surface area (Å²) in [6.45, 7) is 4.07. The SMILES string of the molecule is C=CCOc1ccc(C(=O)N[C@H]2CCc3ccccc32)cc1. The van der Waals surface area contributed by atoms with E-state index >= 15 is 0 Å². The van der Waals surface area contributed by atoms with Crippen molar-refractivity contribution < 1.29 is 9.53 Å². The predicted molar refractivity (Wildman–Crippen MR) is 87.1 cm³/mol. The van der Waals surface area contributed by atoms with Crippen molar-refractivity contribution in [3.63, 3.8) is 0 Å². The molecule has 0 aromatic heterocycles. The fourth-order valence-corrected chi connectivity index (χ4v) is 2.81. The third-order valence-electron chi connectivity index (χ3n) is 3.92. The Morgan fingerprint density at radius 3 is 2.77 bits per heavy atom. The minimum Gasteiger partial charge on any atom is -0.490 e. The van der Waals surface area contributed by atoms with Crippen molar-refractivity contribution in [3.05, 3.63) is 77.9 Å². The Balaban J connectivity index is 1.66. The molecule has 112 valence electrons. The van der Waals surface area contributed by atoms with E-state index in [1.54, 1.807) is 30.3 Å². The van der Waals surface area contributed by atoms with Crippen LogP contribution in [0.5, 0.6) is 5.75 Å². The lowest BCUT2D eigenvalue weighted by Crippen LogP contribution is -2.27. The van der Waals surface area contributed by atoms with E-state index in [1.165, 1.54) is 11.1 Å². The number of ether oxygens (including phenoxy) is 1. The molecule has 0 bridgehead atoms. The van der Waals surface area contributed by atoms with Crippen LogP contribution < -0.4 is 10.1 Å². The highest BCUT2D eigenvalue weighted by atomic mass is 16.5.